The number of nitrogens with zero attached hydrogens (tertiary/aromatic N) is 3. The first-order valence-corrected chi connectivity index (χ1v) is 10.9. The van der Waals surface area contributed by atoms with Crippen LogP contribution in [0, 0.1) is 0 Å². The molecule has 0 N–H and O–H groups in total. The SMILES string of the molecule is c1ccc(C(c2ccccc2)N2CCN(CCOCCc3cccnc3)CC2)cc1. The summed E-state index contributed by atoms with van der Waals surface area (Å²) < 4.78 is 5.87. The molecule has 1 aliphatic rings. The number of benzene rings is 2. The lowest BCUT2D eigenvalue weighted by Crippen LogP contribution is -2.48. The van der Waals surface area contributed by atoms with E-state index in [9.17, 15) is 0 Å². The molecule has 156 valence electrons. The Balaban J connectivity index is 1.25. The number of hydrogen-bond acceptors (Lipinski definition) is 4. The van der Waals surface area contributed by atoms with Crippen molar-refractivity contribution in [3.8, 4) is 0 Å². The maximum absolute atomic E-state index is 5.87. The highest BCUT2D eigenvalue weighted by Gasteiger charge is 2.26. The van der Waals surface area contributed by atoms with Crippen molar-refractivity contribution in [1.82, 2.24) is 14.8 Å². The van der Waals surface area contributed by atoms with E-state index in [1.54, 1.807) is 0 Å². The number of hydrogen-bond donors (Lipinski definition) is 0. The minimum absolute atomic E-state index is 0.324. The Hall–Kier alpha value is -2.53. The first-order chi connectivity index (χ1) is 14.9. The van der Waals surface area contributed by atoms with Gasteiger partial charge >= 0.3 is 0 Å². The van der Waals surface area contributed by atoms with Gasteiger partial charge in [-0.25, -0.2) is 0 Å². The van der Waals surface area contributed by atoms with Gasteiger partial charge in [0.2, 0.25) is 0 Å². The number of aromatic nitrogens is 1. The van der Waals surface area contributed by atoms with Crippen molar-refractivity contribution in [2.24, 2.45) is 0 Å². The fourth-order valence-corrected chi connectivity index (χ4v) is 4.16. The maximum atomic E-state index is 5.87. The van der Waals surface area contributed by atoms with Crippen LogP contribution in [0.25, 0.3) is 0 Å². The highest BCUT2D eigenvalue weighted by Crippen LogP contribution is 2.29. The van der Waals surface area contributed by atoms with E-state index in [1.165, 1.54) is 16.7 Å². The molecule has 0 radical (unpaired) electrons. The van der Waals surface area contributed by atoms with Gasteiger partial charge in [-0.1, -0.05) is 66.7 Å². The van der Waals surface area contributed by atoms with E-state index in [-0.39, 0.29) is 0 Å². The summed E-state index contributed by atoms with van der Waals surface area (Å²) in [5.74, 6) is 0. The van der Waals surface area contributed by atoms with E-state index in [0.29, 0.717) is 6.04 Å². The number of ether oxygens (including phenoxy) is 1. The first kappa shape index (κ1) is 20.7. The molecular formula is C26H31N3O. The molecule has 4 nitrogen and oxygen atoms in total. The van der Waals surface area contributed by atoms with Crippen LogP contribution >= 0.6 is 0 Å². The summed E-state index contributed by atoms with van der Waals surface area (Å²) in [6.07, 6.45) is 4.65. The molecule has 1 saturated heterocycles. The summed E-state index contributed by atoms with van der Waals surface area (Å²) in [6.45, 7) is 6.87. The van der Waals surface area contributed by atoms with Crippen molar-refractivity contribution in [3.63, 3.8) is 0 Å². The van der Waals surface area contributed by atoms with E-state index in [0.717, 1.165) is 52.4 Å². The van der Waals surface area contributed by atoms with Crippen LogP contribution in [0.4, 0.5) is 0 Å². The average molecular weight is 402 g/mol. The lowest BCUT2D eigenvalue weighted by Gasteiger charge is -2.39. The quantitative estimate of drug-likeness (QED) is 0.506. The van der Waals surface area contributed by atoms with E-state index in [2.05, 4.69) is 81.5 Å². The first-order valence-electron chi connectivity index (χ1n) is 10.9. The van der Waals surface area contributed by atoms with Gasteiger partial charge in [0.1, 0.15) is 0 Å². The highest BCUT2D eigenvalue weighted by molar-refractivity contribution is 5.31. The lowest BCUT2D eigenvalue weighted by molar-refractivity contribution is 0.0677. The summed E-state index contributed by atoms with van der Waals surface area (Å²) in [4.78, 5) is 9.29. The molecule has 0 bridgehead atoms. The van der Waals surface area contributed by atoms with Gasteiger partial charge in [0.15, 0.2) is 0 Å². The van der Waals surface area contributed by atoms with Crippen LogP contribution < -0.4 is 0 Å². The fourth-order valence-electron chi connectivity index (χ4n) is 4.16. The minimum atomic E-state index is 0.324. The maximum Gasteiger partial charge on any atom is 0.0602 e. The van der Waals surface area contributed by atoms with Gasteiger partial charge in [0.05, 0.1) is 19.3 Å². The largest absolute Gasteiger partial charge is 0.380 e. The summed E-state index contributed by atoms with van der Waals surface area (Å²) in [7, 11) is 0. The number of piperazine rings is 1. The Morgan fingerprint density at radius 2 is 1.43 bits per heavy atom. The van der Waals surface area contributed by atoms with Crippen molar-refractivity contribution < 1.29 is 4.74 Å². The van der Waals surface area contributed by atoms with Crippen molar-refractivity contribution >= 4 is 0 Å². The molecule has 1 aliphatic heterocycles. The van der Waals surface area contributed by atoms with Gasteiger partial charge in [-0.3, -0.25) is 14.8 Å². The van der Waals surface area contributed by atoms with Gasteiger partial charge < -0.3 is 4.74 Å². The normalized spacial score (nSPS) is 15.5. The van der Waals surface area contributed by atoms with Gasteiger partial charge in [0.25, 0.3) is 0 Å². The monoisotopic (exact) mass is 401 g/mol. The van der Waals surface area contributed by atoms with Crippen LogP contribution in [0.1, 0.15) is 22.7 Å². The van der Waals surface area contributed by atoms with Crippen LogP contribution in [-0.4, -0.2) is 60.7 Å². The Morgan fingerprint density at radius 3 is 2.03 bits per heavy atom. The molecule has 0 aliphatic carbocycles. The standard InChI is InChI=1S/C26H31N3O/c1-3-9-24(10-4-1)26(25-11-5-2-6-12-25)29-17-15-28(16-18-29)19-21-30-20-13-23-8-7-14-27-22-23/h1-12,14,22,26H,13,15-21H2. The van der Waals surface area contributed by atoms with Crippen LogP contribution in [0.3, 0.4) is 0 Å². The topological polar surface area (TPSA) is 28.6 Å². The van der Waals surface area contributed by atoms with Gasteiger partial charge in [0, 0.05) is 45.1 Å². The predicted octanol–water partition coefficient (Wildman–Crippen LogP) is 4.05. The average Bonchev–Trinajstić information content (AvgIpc) is 2.82. The zero-order valence-corrected chi connectivity index (χ0v) is 17.6. The molecule has 30 heavy (non-hydrogen) atoms. The van der Waals surface area contributed by atoms with Crippen LogP contribution in [0.2, 0.25) is 0 Å². The lowest BCUT2D eigenvalue weighted by atomic mass is 9.96. The van der Waals surface area contributed by atoms with E-state index >= 15 is 0 Å². The third-order valence-corrected chi connectivity index (χ3v) is 5.81. The molecule has 0 saturated carbocycles. The highest BCUT2D eigenvalue weighted by atomic mass is 16.5. The molecule has 2 aromatic carbocycles. The van der Waals surface area contributed by atoms with E-state index in [1.807, 2.05) is 18.5 Å². The molecule has 0 amide bonds. The van der Waals surface area contributed by atoms with Crippen molar-refractivity contribution in [1.29, 1.82) is 0 Å². The Kier molecular flexibility index (Phi) is 7.62. The molecule has 3 aromatic rings. The van der Waals surface area contributed by atoms with Crippen molar-refractivity contribution in [3.05, 3.63) is 102 Å². The van der Waals surface area contributed by atoms with Crippen molar-refractivity contribution in [2.75, 3.05) is 45.9 Å². The minimum Gasteiger partial charge on any atom is -0.380 e. The molecule has 2 heterocycles. The number of pyridine rings is 1. The summed E-state index contributed by atoms with van der Waals surface area (Å²) >= 11 is 0. The van der Waals surface area contributed by atoms with Crippen LogP contribution in [0.5, 0.6) is 0 Å². The molecule has 4 rings (SSSR count). The Morgan fingerprint density at radius 1 is 0.767 bits per heavy atom. The van der Waals surface area contributed by atoms with Crippen LogP contribution in [0.15, 0.2) is 85.2 Å². The van der Waals surface area contributed by atoms with Crippen LogP contribution in [-0.2, 0) is 11.2 Å². The van der Waals surface area contributed by atoms with E-state index < -0.39 is 0 Å². The van der Waals surface area contributed by atoms with E-state index in [4.69, 9.17) is 4.74 Å². The molecular weight excluding hydrogens is 370 g/mol. The molecule has 0 spiro atoms. The number of rotatable bonds is 9. The second-order valence-corrected chi connectivity index (χ2v) is 7.83. The Labute approximate surface area is 180 Å². The second-order valence-electron chi connectivity index (χ2n) is 7.83. The molecule has 1 fully saturated rings. The molecule has 1 aromatic heterocycles. The zero-order valence-electron chi connectivity index (χ0n) is 17.6. The summed E-state index contributed by atoms with van der Waals surface area (Å²) in [5, 5.41) is 0. The molecule has 0 unspecified atom stereocenters. The van der Waals surface area contributed by atoms with Crippen molar-refractivity contribution in [2.45, 2.75) is 12.5 Å². The third-order valence-electron chi connectivity index (χ3n) is 5.81. The van der Waals surface area contributed by atoms with Gasteiger partial charge in [-0.15, -0.1) is 0 Å². The molecule has 0 atom stereocenters. The zero-order chi connectivity index (χ0) is 20.4. The smallest absolute Gasteiger partial charge is 0.0602 e. The summed E-state index contributed by atoms with van der Waals surface area (Å²) in [6, 6.07) is 26.2. The van der Waals surface area contributed by atoms with Gasteiger partial charge in [-0.2, -0.15) is 0 Å². The third kappa shape index (κ3) is 5.76. The fraction of sp³-hybridized carbons (Fsp3) is 0.346. The Bertz CT molecular complexity index is 810. The molecule has 4 heteroatoms. The predicted molar refractivity (Wildman–Crippen MR) is 122 cm³/mol. The summed E-state index contributed by atoms with van der Waals surface area (Å²) in [5.41, 5.74) is 3.98. The van der Waals surface area contributed by atoms with Gasteiger partial charge in [-0.05, 0) is 29.2 Å². The second kappa shape index (κ2) is 11.0.